The first kappa shape index (κ1) is 15.9. The lowest BCUT2D eigenvalue weighted by atomic mass is 9.98. The van der Waals surface area contributed by atoms with Crippen molar-refractivity contribution >= 4 is 21.6 Å². The van der Waals surface area contributed by atoms with Gasteiger partial charge in [0.25, 0.3) is 0 Å². The van der Waals surface area contributed by atoms with E-state index in [0.29, 0.717) is 11.3 Å². The van der Waals surface area contributed by atoms with Crippen LogP contribution >= 0.6 is 0 Å². The van der Waals surface area contributed by atoms with Crippen molar-refractivity contribution in [1.29, 1.82) is 0 Å². The summed E-state index contributed by atoms with van der Waals surface area (Å²) in [5.41, 5.74) is 1.86. The lowest BCUT2D eigenvalue weighted by Gasteiger charge is -2.09. The molecule has 0 N–H and O–H groups in total. The van der Waals surface area contributed by atoms with E-state index >= 15 is 0 Å². The summed E-state index contributed by atoms with van der Waals surface area (Å²) in [4.78, 5) is 12.2. The summed E-state index contributed by atoms with van der Waals surface area (Å²) in [6.45, 7) is 7.56. The van der Waals surface area contributed by atoms with E-state index < -0.39 is 10.1 Å². The molecule has 0 radical (unpaired) electrons. The van der Waals surface area contributed by atoms with Crippen molar-refractivity contribution in [2.45, 2.75) is 32.6 Å². The molecule has 2 aliphatic carbocycles. The third-order valence-corrected chi connectivity index (χ3v) is 5.85. The molecule has 2 atom stereocenters. The maximum atomic E-state index is 12.2. The van der Waals surface area contributed by atoms with Crippen LogP contribution in [0.1, 0.15) is 26.3 Å². The number of hydrogen-bond acceptors (Lipinski definition) is 5. The van der Waals surface area contributed by atoms with Gasteiger partial charge in [-0.25, -0.2) is 0 Å². The Morgan fingerprint density at radius 2 is 1.70 bits per heavy atom. The highest BCUT2D eigenvalue weighted by atomic mass is 32.2. The summed E-state index contributed by atoms with van der Waals surface area (Å²) in [5, 5.41) is 3.86. The molecule has 3 rings (SSSR count). The second-order valence-electron chi connectivity index (χ2n) is 6.83. The molecule has 6 heteroatoms. The number of aryl methyl sites for hydroxylation is 1. The Bertz CT molecular complexity index is 832. The fraction of sp³-hybridized carbons (Fsp3) is 0.412. The number of Topliss-reactive ketones (excluding diaryl/α,β-unsaturated/α-hetero) is 1. The van der Waals surface area contributed by atoms with Crippen molar-refractivity contribution in [3.63, 3.8) is 0 Å². The van der Waals surface area contributed by atoms with Gasteiger partial charge < -0.3 is 0 Å². The monoisotopic (exact) mass is 333 g/mol. The molecule has 0 unspecified atom stereocenters. The van der Waals surface area contributed by atoms with Crippen molar-refractivity contribution < 1.29 is 17.5 Å². The zero-order valence-electron chi connectivity index (χ0n) is 13.5. The molecule has 0 amide bonds. The summed E-state index contributed by atoms with van der Waals surface area (Å²) >= 11 is 0. The number of rotatable bonds is 3. The predicted octanol–water partition coefficient (Wildman–Crippen LogP) is 2.86. The zero-order chi connectivity index (χ0) is 17.0. The number of carbonyl (C=O) groups is 1. The molecule has 0 bridgehead atoms. The number of nitrogens with zero attached hydrogens (tertiary/aromatic N) is 1. The first-order chi connectivity index (χ1) is 10.6. The molecule has 0 aliphatic heterocycles. The zero-order valence-corrected chi connectivity index (χ0v) is 14.3. The number of fused-ring (bicyclic) bond motifs is 1. The molecule has 1 aromatic carbocycles. The quantitative estimate of drug-likeness (QED) is 0.797. The molecule has 1 saturated carbocycles. The van der Waals surface area contributed by atoms with Gasteiger partial charge in [0, 0.05) is 11.8 Å². The predicted molar refractivity (Wildman–Crippen MR) is 86.4 cm³/mol. The fourth-order valence-corrected chi connectivity index (χ4v) is 3.97. The van der Waals surface area contributed by atoms with Crippen LogP contribution < -0.4 is 0 Å². The van der Waals surface area contributed by atoms with E-state index in [0.717, 1.165) is 5.56 Å². The van der Waals surface area contributed by atoms with E-state index in [-0.39, 0.29) is 27.9 Å². The molecule has 1 aromatic rings. The Kier molecular flexibility index (Phi) is 3.48. The number of benzene rings is 1. The van der Waals surface area contributed by atoms with Gasteiger partial charge in [0.1, 0.15) is 4.90 Å². The van der Waals surface area contributed by atoms with Crippen molar-refractivity contribution in [3.05, 3.63) is 41.5 Å². The van der Waals surface area contributed by atoms with Gasteiger partial charge in [-0.15, -0.1) is 0 Å². The summed E-state index contributed by atoms with van der Waals surface area (Å²) in [7, 11) is -3.95. The minimum absolute atomic E-state index is 0.0617. The molecule has 0 spiro atoms. The molecule has 5 nitrogen and oxygen atoms in total. The van der Waals surface area contributed by atoms with E-state index in [1.165, 1.54) is 12.1 Å². The van der Waals surface area contributed by atoms with Crippen LogP contribution in [-0.4, -0.2) is 19.9 Å². The highest BCUT2D eigenvalue weighted by Crippen LogP contribution is 2.61. The molecular formula is C17H19NO4S. The molecule has 1 fully saturated rings. The van der Waals surface area contributed by atoms with Crippen LogP contribution in [0.3, 0.4) is 0 Å². The average molecular weight is 333 g/mol. The summed E-state index contributed by atoms with van der Waals surface area (Å²) in [6, 6.07) is 6.37. The van der Waals surface area contributed by atoms with Gasteiger partial charge in [0.15, 0.2) is 5.78 Å². The molecule has 0 aromatic heterocycles. The van der Waals surface area contributed by atoms with Gasteiger partial charge in [-0.2, -0.15) is 8.42 Å². The highest BCUT2D eigenvalue weighted by Gasteiger charge is 2.65. The molecule has 2 aliphatic rings. The van der Waals surface area contributed by atoms with Gasteiger partial charge >= 0.3 is 10.1 Å². The van der Waals surface area contributed by atoms with Crippen LogP contribution in [0.25, 0.3) is 0 Å². The lowest BCUT2D eigenvalue weighted by molar-refractivity contribution is -0.117. The first-order valence-corrected chi connectivity index (χ1v) is 8.86. The van der Waals surface area contributed by atoms with Crippen LogP contribution in [0.2, 0.25) is 0 Å². The Morgan fingerprint density at radius 3 is 2.30 bits per heavy atom. The Balaban J connectivity index is 1.88. The second-order valence-corrected chi connectivity index (χ2v) is 8.35. The van der Waals surface area contributed by atoms with Crippen LogP contribution in [0.5, 0.6) is 0 Å². The van der Waals surface area contributed by atoms with Crippen LogP contribution in [0, 0.1) is 24.2 Å². The van der Waals surface area contributed by atoms with Crippen LogP contribution in [0.4, 0.5) is 0 Å². The third-order valence-electron chi connectivity index (χ3n) is 4.73. The number of oxime groups is 1. The Labute approximate surface area is 136 Å². The van der Waals surface area contributed by atoms with Gasteiger partial charge in [-0.3, -0.25) is 9.08 Å². The maximum Gasteiger partial charge on any atom is 0.358 e. The molecule has 122 valence electrons. The number of ketones is 1. The fourth-order valence-electron chi connectivity index (χ4n) is 3.23. The highest BCUT2D eigenvalue weighted by molar-refractivity contribution is 7.86. The van der Waals surface area contributed by atoms with Gasteiger partial charge in [0.2, 0.25) is 0 Å². The second kappa shape index (κ2) is 5.03. The van der Waals surface area contributed by atoms with Crippen molar-refractivity contribution in [2.24, 2.45) is 22.4 Å². The third kappa shape index (κ3) is 2.61. The number of hydrogen-bond donors (Lipinski definition) is 0. The molecule has 23 heavy (non-hydrogen) atoms. The summed E-state index contributed by atoms with van der Waals surface area (Å²) in [5.74, 6) is -0.0933. The summed E-state index contributed by atoms with van der Waals surface area (Å²) in [6.07, 6.45) is 1.63. The van der Waals surface area contributed by atoms with Crippen LogP contribution in [-0.2, 0) is 19.2 Å². The smallest absolute Gasteiger partial charge is 0.294 e. The van der Waals surface area contributed by atoms with E-state index in [2.05, 4.69) is 5.16 Å². The Morgan fingerprint density at radius 1 is 1.09 bits per heavy atom. The van der Waals surface area contributed by atoms with E-state index in [1.54, 1.807) is 25.1 Å². The van der Waals surface area contributed by atoms with E-state index in [9.17, 15) is 13.2 Å². The average Bonchev–Trinajstić information content (AvgIpc) is 3.05. The van der Waals surface area contributed by atoms with E-state index in [1.807, 2.05) is 20.8 Å². The number of allylic oxidation sites excluding steroid dienone is 2. The summed E-state index contributed by atoms with van der Waals surface area (Å²) < 4.78 is 29.3. The lowest BCUT2D eigenvalue weighted by Crippen LogP contribution is -2.16. The topological polar surface area (TPSA) is 72.8 Å². The van der Waals surface area contributed by atoms with Crippen molar-refractivity contribution in [1.82, 2.24) is 0 Å². The van der Waals surface area contributed by atoms with Crippen LogP contribution in [0.15, 0.2) is 46.0 Å². The molecule has 0 saturated heterocycles. The Hall–Kier alpha value is -1.95. The normalized spacial score (nSPS) is 27.4. The number of carbonyl (C=O) groups excluding carboxylic acids is 1. The van der Waals surface area contributed by atoms with E-state index in [4.69, 9.17) is 4.28 Å². The van der Waals surface area contributed by atoms with Gasteiger partial charge in [-0.1, -0.05) is 36.7 Å². The SMILES string of the molecule is CC1=C/C(=N/OS(=O)(=O)c2ccc(C)cc2)[C@@H]2[C@@H](C1=O)C2(C)C. The standard InChI is InChI=1S/C17H19NO4S/c1-10-5-7-12(8-6-10)23(20,21)22-18-13-9-11(2)16(19)15-14(13)17(15,3)4/h5-9,14-15H,1-4H3/b18-13-/t14-,15+/m1/s1. The van der Waals surface area contributed by atoms with Crippen molar-refractivity contribution in [2.75, 3.05) is 0 Å². The van der Waals surface area contributed by atoms with Gasteiger partial charge in [0.05, 0.1) is 5.71 Å². The minimum Gasteiger partial charge on any atom is -0.294 e. The molecular weight excluding hydrogens is 314 g/mol. The first-order valence-electron chi connectivity index (χ1n) is 7.45. The maximum absolute atomic E-state index is 12.2. The van der Waals surface area contributed by atoms with Crippen molar-refractivity contribution in [3.8, 4) is 0 Å². The van der Waals surface area contributed by atoms with Gasteiger partial charge in [-0.05, 0) is 43.0 Å². The largest absolute Gasteiger partial charge is 0.358 e. The minimum atomic E-state index is -3.95. The molecule has 0 heterocycles.